The number of nitrogens with zero attached hydrogens (tertiary/aromatic N) is 1. The van der Waals surface area contributed by atoms with E-state index < -0.39 is 0 Å². The van der Waals surface area contributed by atoms with Crippen molar-refractivity contribution < 1.29 is 9.59 Å². The van der Waals surface area contributed by atoms with Gasteiger partial charge in [0.25, 0.3) is 0 Å². The number of amides is 2. The van der Waals surface area contributed by atoms with Crippen molar-refractivity contribution in [2.24, 2.45) is 5.92 Å². The lowest BCUT2D eigenvalue weighted by Crippen LogP contribution is -2.37. The quantitative estimate of drug-likeness (QED) is 0.662. The van der Waals surface area contributed by atoms with Gasteiger partial charge in [-0.1, -0.05) is 12.2 Å². The minimum absolute atomic E-state index is 0.00634. The summed E-state index contributed by atoms with van der Waals surface area (Å²) in [5.74, 6) is -0.281. The Labute approximate surface area is 89.6 Å². The minimum Gasteiger partial charge on any atom is -0.355 e. The molecule has 0 aromatic carbocycles. The zero-order valence-corrected chi connectivity index (χ0v) is 8.74. The van der Waals surface area contributed by atoms with Crippen molar-refractivity contribution in [2.75, 3.05) is 19.6 Å². The molecule has 1 aliphatic heterocycles. The van der Waals surface area contributed by atoms with Gasteiger partial charge in [-0.25, -0.2) is 0 Å². The molecule has 82 valence electrons. The zero-order chi connectivity index (χ0) is 11.3. The average Bonchev–Trinajstić information content (AvgIpc) is 2.63. The van der Waals surface area contributed by atoms with Gasteiger partial charge in [-0.15, -0.1) is 13.2 Å². The Kier molecular flexibility index (Phi) is 4.09. The van der Waals surface area contributed by atoms with E-state index >= 15 is 0 Å². The molecular formula is C11H16N2O2. The maximum atomic E-state index is 11.9. The Morgan fingerprint density at radius 2 is 2.07 bits per heavy atom. The first-order valence-corrected chi connectivity index (χ1v) is 4.96. The molecule has 0 aromatic rings. The summed E-state index contributed by atoms with van der Waals surface area (Å²) in [6, 6.07) is 0. The normalized spacial score (nSPS) is 19.5. The molecule has 4 heteroatoms. The lowest BCUT2D eigenvalue weighted by Gasteiger charge is -2.22. The minimum atomic E-state index is -0.225. The monoisotopic (exact) mass is 208 g/mol. The van der Waals surface area contributed by atoms with Crippen LogP contribution in [-0.2, 0) is 9.59 Å². The van der Waals surface area contributed by atoms with E-state index in [1.807, 2.05) is 0 Å². The molecule has 4 nitrogen and oxygen atoms in total. The van der Waals surface area contributed by atoms with Gasteiger partial charge >= 0.3 is 0 Å². The van der Waals surface area contributed by atoms with E-state index in [9.17, 15) is 9.59 Å². The van der Waals surface area contributed by atoms with E-state index in [-0.39, 0.29) is 17.7 Å². The van der Waals surface area contributed by atoms with Gasteiger partial charge in [0.2, 0.25) is 11.8 Å². The Hall–Kier alpha value is -1.58. The number of carbonyl (C=O) groups is 2. The van der Waals surface area contributed by atoms with Crippen molar-refractivity contribution in [2.45, 2.75) is 6.42 Å². The highest BCUT2D eigenvalue weighted by Gasteiger charge is 2.30. The van der Waals surface area contributed by atoms with Crippen molar-refractivity contribution in [1.82, 2.24) is 10.2 Å². The number of carbonyl (C=O) groups excluding carboxylic acids is 2. The van der Waals surface area contributed by atoms with Gasteiger partial charge < -0.3 is 10.2 Å². The molecule has 0 radical (unpaired) electrons. The van der Waals surface area contributed by atoms with Crippen LogP contribution in [0.3, 0.4) is 0 Å². The Bertz CT molecular complexity index is 276. The van der Waals surface area contributed by atoms with Crippen LogP contribution in [0, 0.1) is 5.92 Å². The Balaban J connectivity index is 2.58. The molecule has 1 unspecified atom stereocenters. The third kappa shape index (κ3) is 2.94. The summed E-state index contributed by atoms with van der Waals surface area (Å²) in [6.07, 6.45) is 3.64. The smallest absolute Gasteiger partial charge is 0.228 e. The second kappa shape index (κ2) is 5.34. The second-order valence-corrected chi connectivity index (χ2v) is 3.53. The molecule has 0 aliphatic carbocycles. The topological polar surface area (TPSA) is 49.4 Å². The van der Waals surface area contributed by atoms with E-state index in [1.54, 1.807) is 17.1 Å². The summed E-state index contributed by atoms with van der Waals surface area (Å²) in [7, 11) is 0. The number of nitrogens with one attached hydrogen (secondary N) is 1. The van der Waals surface area contributed by atoms with Crippen LogP contribution >= 0.6 is 0 Å². The van der Waals surface area contributed by atoms with Crippen LogP contribution in [0.5, 0.6) is 0 Å². The lowest BCUT2D eigenvalue weighted by atomic mass is 10.1. The molecule has 0 saturated carbocycles. The fourth-order valence-corrected chi connectivity index (χ4v) is 1.60. The van der Waals surface area contributed by atoms with Crippen LogP contribution < -0.4 is 5.32 Å². The SMILES string of the molecule is C=CCN(CC=C)C(=O)C1CNC(=O)C1. The molecule has 1 heterocycles. The van der Waals surface area contributed by atoms with Crippen LogP contribution in [0.4, 0.5) is 0 Å². The van der Waals surface area contributed by atoms with Crippen LogP contribution in [0.1, 0.15) is 6.42 Å². The average molecular weight is 208 g/mol. The fourth-order valence-electron chi connectivity index (χ4n) is 1.60. The van der Waals surface area contributed by atoms with Crippen LogP contribution in [-0.4, -0.2) is 36.3 Å². The van der Waals surface area contributed by atoms with E-state index in [4.69, 9.17) is 0 Å². The van der Waals surface area contributed by atoms with E-state index in [2.05, 4.69) is 18.5 Å². The molecular weight excluding hydrogens is 192 g/mol. The summed E-state index contributed by atoms with van der Waals surface area (Å²) >= 11 is 0. The summed E-state index contributed by atoms with van der Waals surface area (Å²) in [6.45, 7) is 8.63. The molecule has 0 spiro atoms. The van der Waals surface area contributed by atoms with Crippen LogP contribution in [0.15, 0.2) is 25.3 Å². The Morgan fingerprint density at radius 1 is 1.47 bits per heavy atom. The van der Waals surface area contributed by atoms with Crippen LogP contribution in [0.2, 0.25) is 0 Å². The second-order valence-electron chi connectivity index (χ2n) is 3.53. The highest BCUT2D eigenvalue weighted by atomic mass is 16.2. The van der Waals surface area contributed by atoms with E-state index in [0.29, 0.717) is 26.1 Å². The first kappa shape index (κ1) is 11.5. The maximum absolute atomic E-state index is 11.9. The molecule has 1 rings (SSSR count). The standard InChI is InChI=1S/C11H16N2O2/c1-3-5-13(6-4-2)11(15)9-7-10(14)12-8-9/h3-4,9H,1-2,5-8H2,(H,12,14). The summed E-state index contributed by atoms with van der Waals surface area (Å²) in [5.41, 5.74) is 0. The maximum Gasteiger partial charge on any atom is 0.228 e. The van der Waals surface area contributed by atoms with Gasteiger partial charge in [-0.2, -0.15) is 0 Å². The summed E-state index contributed by atoms with van der Waals surface area (Å²) in [4.78, 5) is 24.5. The van der Waals surface area contributed by atoms with Crippen molar-refractivity contribution >= 4 is 11.8 Å². The van der Waals surface area contributed by atoms with Gasteiger partial charge in [0.15, 0.2) is 0 Å². The predicted molar refractivity (Wildman–Crippen MR) is 58.1 cm³/mol. The van der Waals surface area contributed by atoms with Gasteiger partial charge in [0, 0.05) is 26.1 Å². The van der Waals surface area contributed by atoms with Crippen molar-refractivity contribution in [3.05, 3.63) is 25.3 Å². The predicted octanol–water partition coefficient (Wildman–Crippen LogP) is 0.323. The van der Waals surface area contributed by atoms with E-state index in [0.717, 1.165) is 0 Å². The van der Waals surface area contributed by atoms with Gasteiger partial charge in [0.1, 0.15) is 0 Å². The number of rotatable bonds is 5. The van der Waals surface area contributed by atoms with Crippen LogP contribution in [0.25, 0.3) is 0 Å². The third-order valence-corrected chi connectivity index (χ3v) is 2.34. The highest BCUT2D eigenvalue weighted by Crippen LogP contribution is 2.12. The first-order valence-electron chi connectivity index (χ1n) is 4.96. The summed E-state index contributed by atoms with van der Waals surface area (Å²) in [5, 5.41) is 2.65. The fraction of sp³-hybridized carbons (Fsp3) is 0.455. The molecule has 1 saturated heterocycles. The summed E-state index contributed by atoms with van der Waals surface area (Å²) < 4.78 is 0. The van der Waals surface area contributed by atoms with Crippen molar-refractivity contribution in [1.29, 1.82) is 0 Å². The molecule has 0 bridgehead atoms. The van der Waals surface area contributed by atoms with Crippen molar-refractivity contribution in [3.63, 3.8) is 0 Å². The molecule has 1 aliphatic rings. The molecule has 1 atom stereocenters. The first-order chi connectivity index (χ1) is 7.19. The van der Waals surface area contributed by atoms with Gasteiger partial charge in [-0.3, -0.25) is 9.59 Å². The van der Waals surface area contributed by atoms with Gasteiger partial charge in [-0.05, 0) is 0 Å². The largest absolute Gasteiger partial charge is 0.355 e. The zero-order valence-electron chi connectivity index (χ0n) is 8.74. The molecule has 1 N–H and O–H groups in total. The van der Waals surface area contributed by atoms with Crippen molar-refractivity contribution in [3.8, 4) is 0 Å². The molecule has 0 aromatic heterocycles. The van der Waals surface area contributed by atoms with E-state index in [1.165, 1.54) is 0 Å². The molecule has 1 fully saturated rings. The number of hydrogen-bond acceptors (Lipinski definition) is 2. The van der Waals surface area contributed by atoms with Gasteiger partial charge in [0.05, 0.1) is 5.92 Å². The number of hydrogen-bond donors (Lipinski definition) is 1. The molecule has 2 amide bonds. The lowest BCUT2D eigenvalue weighted by molar-refractivity contribution is -0.134. The molecule has 15 heavy (non-hydrogen) atoms. The Morgan fingerprint density at radius 3 is 2.47 bits per heavy atom. The highest BCUT2D eigenvalue weighted by molar-refractivity contribution is 5.89. The third-order valence-electron chi connectivity index (χ3n) is 2.34.